The summed E-state index contributed by atoms with van der Waals surface area (Å²) in [4.78, 5) is 15.9. The van der Waals surface area contributed by atoms with Gasteiger partial charge in [-0.3, -0.25) is 9.52 Å². The summed E-state index contributed by atoms with van der Waals surface area (Å²) in [6.45, 7) is 0.0530. The van der Waals surface area contributed by atoms with Gasteiger partial charge in [-0.2, -0.15) is 0 Å². The van der Waals surface area contributed by atoms with Crippen molar-refractivity contribution in [3.63, 3.8) is 0 Å². The van der Waals surface area contributed by atoms with Gasteiger partial charge < -0.3 is 10.4 Å². The van der Waals surface area contributed by atoms with Crippen molar-refractivity contribution in [2.45, 2.75) is 0 Å². The van der Waals surface area contributed by atoms with Crippen molar-refractivity contribution in [1.29, 1.82) is 0 Å². The van der Waals surface area contributed by atoms with Crippen molar-refractivity contribution in [2.24, 2.45) is 0 Å². The third-order valence-electron chi connectivity index (χ3n) is 2.32. The molecule has 3 N–H and O–H groups in total. The van der Waals surface area contributed by atoms with Gasteiger partial charge in [0.1, 0.15) is 0 Å². The molecular formula is C11H13N3O4S2. The lowest BCUT2D eigenvalue weighted by Crippen LogP contribution is -2.26. The summed E-state index contributed by atoms with van der Waals surface area (Å²) in [5.74, 6) is -0.299. The van der Waals surface area contributed by atoms with Crippen molar-refractivity contribution in [3.05, 3.63) is 23.8 Å². The van der Waals surface area contributed by atoms with Gasteiger partial charge in [-0.05, 0) is 18.2 Å². The fourth-order valence-electron chi connectivity index (χ4n) is 1.54. The van der Waals surface area contributed by atoms with Crippen LogP contribution in [0, 0.1) is 0 Å². The topological polar surface area (TPSA) is 108 Å². The van der Waals surface area contributed by atoms with Crippen molar-refractivity contribution in [1.82, 2.24) is 10.3 Å². The van der Waals surface area contributed by atoms with E-state index in [0.29, 0.717) is 15.8 Å². The van der Waals surface area contributed by atoms with Gasteiger partial charge in [-0.15, -0.1) is 0 Å². The monoisotopic (exact) mass is 315 g/mol. The Morgan fingerprint density at radius 1 is 1.45 bits per heavy atom. The minimum absolute atomic E-state index is 0.128. The van der Waals surface area contributed by atoms with Crippen molar-refractivity contribution in [3.8, 4) is 0 Å². The number of nitrogens with zero attached hydrogens (tertiary/aromatic N) is 1. The highest BCUT2D eigenvalue weighted by atomic mass is 32.2. The normalized spacial score (nSPS) is 11.5. The molecule has 0 saturated carbocycles. The fraction of sp³-hybridized carbons (Fsp3) is 0.273. The number of aliphatic hydroxyl groups excluding tert-OH is 1. The minimum Gasteiger partial charge on any atom is -0.395 e. The number of rotatable bonds is 5. The average Bonchev–Trinajstić information content (AvgIpc) is 2.74. The predicted molar refractivity (Wildman–Crippen MR) is 77.5 cm³/mol. The number of benzene rings is 1. The molecule has 0 radical (unpaired) electrons. The third-order valence-corrected chi connectivity index (χ3v) is 3.95. The van der Waals surface area contributed by atoms with Crippen LogP contribution in [0.2, 0.25) is 0 Å². The second kappa shape index (κ2) is 5.73. The van der Waals surface area contributed by atoms with Crippen LogP contribution in [0.5, 0.6) is 0 Å². The van der Waals surface area contributed by atoms with Crippen LogP contribution in [0.3, 0.4) is 0 Å². The van der Waals surface area contributed by atoms with Crippen molar-refractivity contribution < 1.29 is 18.3 Å². The Bertz CT molecular complexity index is 739. The smallest absolute Gasteiger partial charge is 0.251 e. The van der Waals surface area contributed by atoms with Gasteiger partial charge in [-0.1, -0.05) is 11.3 Å². The SMILES string of the molecule is CS(=O)(=O)Nc1nc2ccc(C(=O)NCCO)cc2s1. The Hall–Kier alpha value is -1.71. The van der Waals surface area contributed by atoms with Crippen LogP contribution in [0.1, 0.15) is 10.4 Å². The number of aliphatic hydroxyl groups is 1. The highest BCUT2D eigenvalue weighted by Crippen LogP contribution is 2.27. The maximum absolute atomic E-state index is 11.7. The molecule has 0 unspecified atom stereocenters. The number of carbonyl (C=O) groups excluding carboxylic acids is 1. The average molecular weight is 315 g/mol. The number of nitrogens with one attached hydrogen (secondary N) is 2. The van der Waals surface area contributed by atoms with Crippen LogP contribution in [-0.4, -0.2) is 43.8 Å². The molecule has 0 saturated heterocycles. The first-order valence-electron chi connectivity index (χ1n) is 5.66. The van der Waals surface area contributed by atoms with E-state index in [1.807, 2.05) is 0 Å². The fourth-order valence-corrected chi connectivity index (χ4v) is 3.28. The van der Waals surface area contributed by atoms with Gasteiger partial charge in [-0.25, -0.2) is 13.4 Å². The van der Waals surface area contributed by atoms with Crippen LogP contribution in [0.15, 0.2) is 18.2 Å². The number of sulfonamides is 1. The molecule has 0 fully saturated rings. The van der Waals surface area contributed by atoms with Crippen LogP contribution in [0.25, 0.3) is 10.2 Å². The summed E-state index contributed by atoms with van der Waals surface area (Å²) >= 11 is 1.15. The zero-order valence-corrected chi connectivity index (χ0v) is 12.2. The molecule has 2 rings (SSSR count). The highest BCUT2D eigenvalue weighted by Gasteiger charge is 2.11. The Morgan fingerprint density at radius 2 is 2.20 bits per heavy atom. The maximum atomic E-state index is 11.7. The van der Waals surface area contributed by atoms with E-state index in [1.165, 1.54) is 0 Å². The molecule has 9 heteroatoms. The summed E-state index contributed by atoms with van der Waals surface area (Å²) in [5, 5.41) is 11.5. The summed E-state index contributed by atoms with van der Waals surface area (Å²) in [5.41, 5.74) is 1.04. The Morgan fingerprint density at radius 3 is 2.85 bits per heavy atom. The van der Waals surface area contributed by atoms with Crippen molar-refractivity contribution >= 4 is 42.6 Å². The Kier molecular flexibility index (Phi) is 4.21. The maximum Gasteiger partial charge on any atom is 0.251 e. The number of fused-ring (bicyclic) bond motifs is 1. The number of amides is 1. The molecule has 20 heavy (non-hydrogen) atoms. The minimum atomic E-state index is -3.37. The predicted octanol–water partition coefficient (Wildman–Crippen LogP) is 0.390. The molecule has 0 atom stereocenters. The summed E-state index contributed by atoms with van der Waals surface area (Å²) in [7, 11) is -3.37. The number of hydrogen-bond acceptors (Lipinski definition) is 6. The molecule has 0 aliphatic rings. The quantitative estimate of drug-likeness (QED) is 0.739. The molecule has 0 spiro atoms. The van der Waals surface area contributed by atoms with E-state index in [0.717, 1.165) is 17.6 Å². The van der Waals surface area contributed by atoms with Crippen LogP contribution >= 0.6 is 11.3 Å². The molecule has 0 aliphatic heterocycles. The van der Waals surface area contributed by atoms with Gasteiger partial charge in [0.05, 0.1) is 23.1 Å². The first-order chi connectivity index (χ1) is 9.39. The number of thiazole rings is 1. The molecule has 7 nitrogen and oxygen atoms in total. The van der Waals surface area contributed by atoms with E-state index >= 15 is 0 Å². The number of aromatic nitrogens is 1. The van der Waals surface area contributed by atoms with Crippen LogP contribution in [0.4, 0.5) is 5.13 Å². The van der Waals surface area contributed by atoms with Gasteiger partial charge in [0.25, 0.3) is 5.91 Å². The van der Waals surface area contributed by atoms with E-state index < -0.39 is 10.0 Å². The van der Waals surface area contributed by atoms with E-state index in [9.17, 15) is 13.2 Å². The Labute approximate surface area is 119 Å². The van der Waals surface area contributed by atoms with Gasteiger partial charge in [0.15, 0.2) is 5.13 Å². The second-order valence-corrected chi connectivity index (χ2v) is 6.83. The van der Waals surface area contributed by atoms with Crippen LogP contribution < -0.4 is 10.0 Å². The molecule has 0 bridgehead atoms. The highest BCUT2D eigenvalue weighted by molar-refractivity contribution is 7.92. The summed E-state index contributed by atoms with van der Waals surface area (Å²) in [6.07, 6.45) is 1.05. The van der Waals surface area contributed by atoms with E-state index in [2.05, 4.69) is 15.0 Å². The zero-order valence-electron chi connectivity index (χ0n) is 10.6. The van der Waals surface area contributed by atoms with Gasteiger partial charge in [0, 0.05) is 12.1 Å². The first kappa shape index (κ1) is 14.7. The molecule has 0 aliphatic carbocycles. The van der Waals surface area contributed by atoms with Crippen molar-refractivity contribution in [2.75, 3.05) is 24.1 Å². The molecule has 2 aromatic rings. The molecule has 1 aromatic carbocycles. The standard InChI is InChI=1S/C11H13N3O4S2/c1-20(17,18)14-11-13-8-3-2-7(6-9(8)19-11)10(16)12-4-5-15/h2-3,6,15H,4-5H2,1H3,(H,12,16)(H,13,14). The third kappa shape index (κ3) is 3.65. The zero-order chi connectivity index (χ0) is 14.8. The number of carbonyl (C=O) groups is 1. The van der Waals surface area contributed by atoms with E-state index in [1.54, 1.807) is 18.2 Å². The van der Waals surface area contributed by atoms with Gasteiger partial charge >= 0.3 is 0 Å². The number of hydrogen-bond donors (Lipinski definition) is 3. The molecule has 1 amide bonds. The van der Waals surface area contributed by atoms with Crippen LogP contribution in [-0.2, 0) is 10.0 Å². The Balaban J connectivity index is 2.28. The van der Waals surface area contributed by atoms with Gasteiger partial charge in [0.2, 0.25) is 10.0 Å². The lowest BCUT2D eigenvalue weighted by atomic mass is 10.2. The number of anilines is 1. The largest absolute Gasteiger partial charge is 0.395 e. The summed E-state index contributed by atoms with van der Waals surface area (Å²) < 4.78 is 25.3. The lowest BCUT2D eigenvalue weighted by Gasteiger charge is -2.02. The second-order valence-electron chi connectivity index (χ2n) is 4.06. The molecule has 108 valence electrons. The summed E-state index contributed by atoms with van der Waals surface area (Å²) in [6, 6.07) is 4.87. The first-order valence-corrected chi connectivity index (χ1v) is 8.37. The van der Waals surface area contributed by atoms with E-state index in [4.69, 9.17) is 5.11 Å². The van der Waals surface area contributed by atoms with E-state index in [-0.39, 0.29) is 24.2 Å². The molecule has 1 heterocycles. The molecule has 1 aromatic heterocycles. The molecular weight excluding hydrogens is 302 g/mol. The lowest BCUT2D eigenvalue weighted by molar-refractivity contribution is 0.0945.